The van der Waals surface area contributed by atoms with Crippen LogP contribution in [0.25, 0.3) is 0 Å². The Morgan fingerprint density at radius 1 is 0.931 bits per heavy atom. The number of nitrogens with zero attached hydrogens (tertiary/aromatic N) is 2. The van der Waals surface area contributed by atoms with Gasteiger partial charge in [0.05, 0.1) is 11.9 Å². The molecule has 1 aromatic heterocycles. The van der Waals surface area contributed by atoms with E-state index in [-0.39, 0.29) is 18.4 Å². The van der Waals surface area contributed by atoms with Crippen molar-refractivity contribution in [2.24, 2.45) is 0 Å². The van der Waals surface area contributed by atoms with Gasteiger partial charge in [0.1, 0.15) is 0 Å². The number of fused-ring (bicyclic) bond motifs is 3. The summed E-state index contributed by atoms with van der Waals surface area (Å²) in [6, 6.07) is 6.42. The van der Waals surface area contributed by atoms with Crippen molar-refractivity contribution in [1.29, 1.82) is 0 Å². The summed E-state index contributed by atoms with van der Waals surface area (Å²) in [5.74, 6) is -0.0289. The molecule has 2 aliphatic rings. The molecule has 4 rings (SSSR count). The van der Waals surface area contributed by atoms with Crippen LogP contribution in [0.4, 0.5) is 36.4 Å². The van der Waals surface area contributed by atoms with Gasteiger partial charge in [-0.2, -0.15) is 26.3 Å². The molecule has 2 nitrogen and oxygen atoms in total. The van der Waals surface area contributed by atoms with Crippen molar-refractivity contribution >= 4 is 5.69 Å². The van der Waals surface area contributed by atoms with E-state index in [1.807, 2.05) is 6.07 Å². The average molecular weight is 418 g/mol. The number of halogens is 7. The maximum atomic E-state index is 14.4. The Kier molecular flexibility index (Phi) is 4.55. The summed E-state index contributed by atoms with van der Waals surface area (Å²) in [7, 11) is 0. The van der Waals surface area contributed by atoms with Crippen molar-refractivity contribution in [2.75, 3.05) is 11.4 Å². The maximum Gasteiger partial charge on any atom is 0.435 e. The fourth-order valence-corrected chi connectivity index (χ4v) is 4.61. The molecule has 0 N–H and O–H groups in total. The molecule has 1 aliphatic carbocycles. The molecule has 0 bridgehead atoms. The molecule has 1 aromatic carbocycles. The van der Waals surface area contributed by atoms with Gasteiger partial charge >= 0.3 is 18.0 Å². The predicted molar refractivity (Wildman–Crippen MR) is 92.4 cm³/mol. The maximum absolute atomic E-state index is 14.4. The van der Waals surface area contributed by atoms with Crippen LogP contribution < -0.4 is 4.90 Å². The lowest BCUT2D eigenvalue weighted by molar-refractivity contribution is -0.348. The standard InChI is InChI=1S/C20H17F7N2/c21-18(19(22,23)24,20(25,26)27)13-4-5-15-12(10-13)3-6-17-16(15)7-9-29(17)14-2-1-8-28-11-14/h1-2,4-5,8,10-11,16-17H,3,6-7,9H2. The average Bonchev–Trinajstić information content (AvgIpc) is 3.10. The molecule has 2 heterocycles. The van der Waals surface area contributed by atoms with E-state index in [0.29, 0.717) is 36.6 Å². The Morgan fingerprint density at radius 2 is 1.66 bits per heavy atom. The third-order valence-corrected chi connectivity index (χ3v) is 5.95. The predicted octanol–water partition coefficient (Wildman–Crippen LogP) is 5.68. The fourth-order valence-electron chi connectivity index (χ4n) is 4.61. The summed E-state index contributed by atoms with van der Waals surface area (Å²) in [6.45, 7) is 0.709. The van der Waals surface area contributed by atoms with E-state index in [0.717, 1.165) is 11.8 Å². The largest absolute Gasteiger partial charge is 0.435 e. The normalized spacial score (nSPS) is 22.4. The second kappa shape index (κ2) is 6.60. The Bertz CT molecular complexity index is 878. The summed E-state index contributed by atoms with van der Waals surface area (Å²) >= 11 is 0. The van der Waals surface area contributed by atoms with Gasteiger partial charge in [-0.3, -0.25) is 4.98 Å². The summed E-state index contributed by atoms with van der Waals surface area (Å²) in [4.78, 5) is 6.27. The summed E-state index contributed by atoms with van der Waals surface area (Å²) in [5.41, 5.74) is -4.81. The lowest BCUT2D eigenvalue weighted by atomic mass is 9.77. The third kappa shape index (κ3) is 3.05. The Morgan fingerprint density at radius 3 is 2.28 bits per heavy atom. The molecule has 0 amide bonds. The minimum atomic E-state index is -6.10. The molecule has 0 spiro atoms. The fraction of sp³-hybridized carbons (Fsp3) is 0.450. The van der Waals surface area contributed by atoms with Crippen molar-refractivity contribution in [3.8, 4) is 0 Å². The van der Waals surface area contributed by atoms with Gasteiger partial charge < -0.3 is 4.90 Å². The monoisotopic (exact) mass is 418 g/mol. The second-order valence-electron chi connectivity index (χ2n) is 7.47. The van der Waals surface area contributed by atoms with Crippen LogP contribution in [0.2, 0.25) is 0 Å². The van der Waals surface area contributed by atoms with Gasteiger partial charge in [0.15, 0.2) is 0 Å². The SMILES string of the molecule is FC(F)(F)C(F)(c1ccc2c(c1)CCC1C2CCN1c1cccnc1)C(F)(F)F. The lowest BCUT2D eigenvalue weighted by Crippen LogP contribution is -2.50. The molecule has 2 unspecified atom stereocenters. The highest BCUT2D eigenvalue weighted by Crippen LogP contribution is 2.54. The highest BCUT2D eigenvalue weighted by Gasteiger charge is 2.73. The van der Waals surface area contributed by atoms with Crippen LogP contribution in [0.15, 0.2) is 42.7 Å². The molecule has 0 saturated carbocycles. The van der Waals surface area contributed by atoms with E-state index in [4.69, 9.17) is 0 Å². The molecule has 1 saturated heterocycles. The molecule has 1 fully saturated rings. The first-order valence-corrected chi connectivity index (χ1v) is 9.16. The van der Waals surface area contributed by atoms with E-state index >= 15 is 0 Å². The highest BCUT2D eigenvalue weighted by atomic mass is 19.4. The number of benzene rings is 1. The minimum Gasteiger partial charge on any atom is -0.367 e. The minimum absolute atomic E-state index is 0.0289. The third-order valence-electron chi connectivity index (χ3n) is 5.95. The van der Waals surface area contributed by atoms with Crippen LogP contribution in [-0.4, -0.2) is 29.9 Å². The Hall–Kier alpha value is -2.32. The summed E-state index contributed by atoms with van der Waals surface area (Å²) in [5, 5.41) is 0. The first-order chi connectivity index (χ1) is 13.5. The van der Waals surface area contributed by atoms with Gasteiger partial charge in [0.2, 0.25) is 0 Å². The molecule has 1 aliphatic heterocycles. The van der Waals surface area contributed by atoms with Gasteiger partial charge in [-0.25, -0.2) is 4.39 Å². The number of alkyl halides is 7. The van der Waals surface area contributed by atoms with Gasteiger partial charge in [-0.1, -0.05) is 18.2 Å². The number of hydrogen-bond donors (Lipinski definition) is 0. The van der Waals surface area contributed by atoms with Crippen molar-refractivity contribution in [3.63, 3.8) is 0 Å². The van der Waals surface area contributed by atoms with E-state index in [1.165, 1.54) is 6.07 Å². The van der Waals surface area contributed by atoms with Crippen molar-refractivity contribution in [1.82, 2.24) is 4.98 Å². The number of aromatic nitrogens is 1. The highest BCUT2D eigenvalue weighted by molar-refractivity contribution is 5.51. The molecule has 2 atom stereocenters. The van der Waals surface area contributed by atoms with E-state index < -0.39 is 23.6 Å². The van der Waals surface area contributed by atoms with Gasteiger partial charge in [-0.15, -0.1) is 0 Å². The molecular weight excluding hydrogens is 401 g/mol. The molecule has 9 heteroatoms. The van der Waals surface area contributed by atoms with Crippen LogP contribution in [-0.2, 0) is 12.1 Å². The van der Waals surface area contributed by atoms with Crippen LogP contribution in [0.3, 0.4) is 0 Å². The van der Waals surface area contributed by atoms with Gasteiger partial charge in [0, 0.05) is 30.3 Å². The zero-order chi connectivity index (χ0) is 21.0. The molecular formula is C20H17F7N2. The van der Waals surface area contributed by atoms with Crippen LogP contribution in [0, 0.1) is 0 Å². The first kappa shape index (κ1) is 20.0. The summed E-state index contributed by atoms with van der Waals surface area (Å²) < 4.78 is 92.8. The molecule has 29 heavy (non-hydrogen) atoms. The number of aryl methyl sites for hydroxylation is 1. The van der Waals surface area contributed by atoms with Crippen LogP contribution in [0.5, 0.6) is 0 Å². The van der Waals surface area contributed by atoms with Crippen molar-refractivity contribution < 1.29 is 30.7 Å². The number of hydrogen-bond acceptors (Lipinski definition) is 2. The second-order valence-corrected chi connectivity index (χ2v) is 7.47. The van der Waals surface area contributed by atoms with Gasteiger partial charge in [-0.05, 0) is 42.5 Å². The van der Waals surface area contributed by atoms with E-state index in [1.54, 1.807) is 18.5 Å². The van der Waals surface area contributed by atoms with E-state index in [2.05, 4.69) is 9.88 Å². The zero-order valence-corrected chi connectivity index (χ0v) is 15.1. The number of rotatable bonds is 2. The molecule has 0 radical (unpaired) electrons. The Labute approximate surface area is 162 Å². The van der Waals surface area contributed by atoms with Gasteiger partial charge in [0.25, 0.3) is 0 Å². The van der Waals surface area contributed by atoms with E-state index in [9.17, 15) is 30.7 Å². The first-order valence-electron chi connectivity index (χ1n) is 9.16. The van der Waals surface area contributed by atoms with Crippen LogP contribution >= 0.6 is 0 Å². The lowest BCUT2D eigenvalue weighted by Gasteiger charge is -2.36. The molecule has 2 aromatic rings. The Balaban J connectivity index is 1.69. The van der Waals surface area contributed by atoms with Crippen LogP contribution in [0.1, 0.15) is 35.4 Å². The number of pyridine rings is 1. The summed E-state index contributed by atoms with van der Waals surface area (Å²) in [6.07, 6.45) is -7.25. The zero-order valence-electron chi connectivity index (χ0n) is 15.1. The number of anilines is 1. The topological polar surface area (TPSA) is 16.1 Å². The van der Waals surface area contributed by atoms with Crippen molar-refractivity contribution in [3.05, 3.63) is 59.4 Å². The quantitative estimate of drug-likeness (QED) is 0.584. The smallest absolute Gasteiger partial charge is 0.367 e. The van der Waals surface area contributed by atoms with Crippen molar-refractivity contribution in [2.45, 2.75) is 49.2 Å². The molecule has 156 valence electrons.